The van der Waals surface area contributed by atoms with E-state index in [-0.39, 0.29) is 5.57 Å². The van der Waals surface area contributed by atoms with E-state index in [1.165, 1.54) is 0 Å². The van der Waals surface area contributed by atoms with E-state index < -0.39 is 0 Å². The summed E-state index contributed by atoms with van der Waals surface area (Å²) in [4.78, 5) is 0. The Labute approximate surface area is 166 Å². The van der Waals surface area contributed by atoms with Crippen LogP contribution in [0.25, 0.3) is 16.7 Å². The van der Waals surface area contributed by atoms with Crippen LogP contribution in [0, 0.1) is 22.7 Å². The average Bonchev–Trinajstić information content (AvgIpc) is 3.04. The minimum Gasteiger partial charge on any atom is -0.493 e. The first-order valence-electron chi connectivity index (χ1n) is 9.83. The molecule has 0 amide bonds. The van der Waals surface area contributed by atoms with Crippen molar-refractivity contribution < 1.29 is 9.47 Å². The number of ether oxygens (including phenoxy) is 2. The number of rotatable bonds is 8. The summed E-state index contributed by atoms with van der Waals surface area (Å²) in [7, 11) is 0. The fourth-order valence-corrected chi connectivity index (χ4v) is 3.39. The third-order valence-corrected chi connectivity index (χ3v) is 4.81. The molecule has 0 spiro atoms. The number of fused-ring (bicyclic) bond motifs is 3. The number of allylic oxidation sites excluding steroid dienone is 1. The topological polar surface area (TPSA) is 66.0 Å². The van der Waals surface area contributed by atoms with Crippen LogP contribution < -0.4 is 9.47 Å². The van der Waals surface area contributed by atoms with Gasteiger partial charge in [0.05, 0.1) is 13.2 Å². The highest BCUT2D eigenvalue weighted by Crippen LogP contribution is 2.51. The highest BCUT2D eigenvalue weighted by molar-refractivity contribution is 6.06. The number of hydrogen-bond acceptors (Lipinski definition) is 4. The maximum Gasteiger partial charge on any atom is 0.138 e. The molecule has 2 aromatic carbocycles. The third kappa shape index (κ3) is 3.73. The van der Waals surface area contributed by atoms with E-state index in [0.29, 0.717) is 24.5 Å². The van der Waals surface area contributed by atoms with Gasteiger partial charge in [-0.1, -0.05) is 51.0 Å². The molecule has 0 atom stereocenters. The van der Waals surface area contributed by atoms with Crippen molar-refractivity contribution in [1.82, 2.24) is 0 Å². The molecule has 0 fully saturated rings. The van der Waals surface area contributed by atoms with Crippen molar-refractivity contribution in [3.05, 3.63) is 53.1 Å². The zero-order valence-corrected chi connectivity index (χ0v) is 16.4. The lowest BCUT2D eigenvalue weighted by Gasteiger charge is -2.15. The molecule has 0 radical (unpaired) electrons. The van der Waals surface area contributed by atoms with Gasteiger partial charge in [-0.25, -0.2) is 0 Å². The van der Waals surface area contributed by atoms with E-state index in [4.69, 9.17) is 9.47 Å². The first-order valence-corrected chi connectivity index (χ1v) is 9.83. The lowest BCUT2D eigenvalue weighted by Crippen LogP contribution is -2.01. The molecule has 0 saturated carbocycles. The summed E-state index contributed by atoms with van der Waals surface area (Å²) in [5.74, 6) is 1.45. The molecule has 0 N–H and O–H groups in total. The normalized spacial score (nSPS) is 11.2. The lowest BCUT2D eigenvalue weighted by atomic mass is 9.99. The van der Waals surface area contributed by atoms with Crippen LogP contribution in [0.3, 0.4) is 0 Å². The van der Waals surface area contributed by atoms with Crippen LogP contribution in [0.5, 0.6) is 11.5 Å². The van der Waals surface area contributed by atoms with Crippen LogP contribution in [0.4, 0.5) is 0 Å². The smallest absolute Gasteiger partial charge is 0.138 e. The van der Waals surface area contributed by atoms with Gasteiger partial charge in [0.25, 0.3) is 0 Å². The van der Waals surface area contributed by atoms with Crippen LogP contribution >= 0.6 is 0 Å². The third-order valence-electron chi connectivity index (χ3n) is 4.81. The summed E-state index contributed by atoms with van der Waals surface area (Å²) < 4.78 is 12.1. The summed E-state index contributed by atoms with van der Waals surface area (Å²) >= 11 is 0. The van der Waals surface area contributed by atoms with Crippen LogP contribution in [-0.4, -0.2) is 13.2 Å². The van der Waals surface area contributed by atoms with E-state index in [1.807, 2.05) is 36.4 Å². The van der Waals surface area contributed by atoms with Gasteiger partial charge in [-0.05, 0) is 35.6 Å². The number of unbranched alkanes of at least 4 members (excludes halogenated alkanes) is 2. The zero-order chi connectivity index (χ0) is 19.9. The van der Waals surface area contributed by atoms with E-state index in [1.54, 1.807) is 0 Å². The van der Waals surface area contributed by atoms with Crippen molar-refractivity contribution in [2.75, 3.05) is 13.2 Å². The molecule has 0 unspecified atom stereocenters. The van der Waals surface area contributed by atoms with Crippen molar-refractivity contribution >= 4 is 5.57 Å². The van der Waals surface area contributed by atoms with Gasteiger partial charge in [0.15, 0.2) is 0 Å². The standard InChI is InChI=1S/C24H24N2O2/c1-3-5-11-27-18-13-21-23(17(15-25)16-26)19-9-7-8-10-20(19)24(21)22(14-18)28-12-6-4-2/h7-10,13-14H,3-6,11-12H2,1-2H3. The number of nitrogens with zero attached hydrogens (tertiary/aromatic N) is 2. The molecule has 1 aliphatic carbocycles. The maximum absolute atomic E-state index is 9.53. The van der Waals surface area contributed by atoms with Crippen LogP contribution in [0.2, 0.25) is 0 Å². The Hall–Kier alpha value is -3.24. The number of benzene rings is 2. The fourth-order valence-electron chi connectivity index (χ4n) is 3.39. The molecule has 0 aromatic heterocycles. The van der Waals surface area contributed by atoms with E-state index in [0.717, 1.165) is 53.7 Å². The molecule has 0 aliphatic heterocycles. The number of hydrogen-bond donors (Lipinski definition) is 0. The summed E-state index contributed by atoms with van der Waals surface area (Å²) in [6, 6.07) is 15.8. The Bertz CT molecular complexity index is 961. The maximum atomic E-state index is 9.53. The zero-order valence-electron chi connectivity index (χ0n) is 16.4. The van der Waals surface area contributed by atoms with Gasteiger partial charge >= 0.3 is 0 Å². The van der Waals surface area contributed by atoms with Gasteiger partial charge in [0.2, 0.25) is 0 Å². The van der Waals surface area contributed by atoms with Crippen LogP contribution in [0.1, 0.15) is 50.7 Å². The molecule has 2 aromatic rings. The summed E-state index contributed by atoms with van der Waals surface area (Å²) in [6.07, 6.45) is 4.02. The highest BCUT2D eigenvalue weighted by atomic mass is 16.5. The molecule has 0 heterocycles. The Morgan fingerprint density at radius 2 is 1.50 bits per heavy atom. The molecular weight excluding hydrogens is 348 g/mol. The van der Waals surface area contributed by atoms with Gasteiger partial charge in [0.1, 0.15) is 29.2 Å². The first kappa shape index (κ1) is 19.5. The Kier molecular flexibility index (Phi) is 6.35. The highest BCUT2D eigenvalue weighted by Gasteiger charge is 2.30. The quantitative estimate of drug-likeness (QED) is 0.366. The Morgan fingerprint density at radius 1 is 0.857 bits per heavy atom. The van der Waals surface area contributed by atoms with E-state index in [9.17, 15) is 10.5 Å². The second-order valence-corrected chi connectivity index (χ2v) is 6.77. The number of nitriles is 2. The minimum atomic E-state index is 0.108. The lowest BCUT2D eigenvalue weighted by molar-refractivity contribution is 0.295. The molecule has 28 heavy (non-hydrogen) atoms. The molecule has 1 aliphatic rings. The fraction of sp³-hybridized carbons (Fsp3) is 0.333. The molecule has 142 valence electrons. The largest absolute Gasteiger partial charge is 0.493 e. The van der Waals surface area contributed by atoms with Gasteiger partial charge in [0, 0.05) is 17.2 Å². The average molecular weight is 372 g/mol. The van der Waals surface area contributed by atoms with Gasteiger partial charge in [-0.3, -0.25) is 0 Å². The van der Waals surface area contributed by atoms with Crippen molar-refractivity contribution in [2.45, 2.75) is 39.5 Å². The SMILES string of the molecule is CCCCOc1cc(OCCCC)c2c(c1)C(=C(C#N)C#N)c1ccccc1-2. The van der Waals surface area contributed by atoms with Crippen LogP contribution in [0.15, 0.2) is 42.0 Å². The monoisotopic (exact) mass is 372 g/mol. The Morgan fingerprint density at radius 3 is 2.14 bits per heavy atom. The molecule has 0 bridgehead atoms. The van der Waals surface area contributed by atoms with Crippen molar-refractivity contribution in [3.8, 4) is 34.8 Å². The van der Waals surface area contributed by atoms with Gasteiger partial charge < -0.3 is 9.47 Å². The second-order valence-electron chi connectivity index (χ2n) is 6.77. The van der Waals surface area contributed by atoms with Gasteiger partial charge in [-0.2, -0.15) is 10.5 Å². The summed E-state index contributed by atoms with van der Waals surface area (Å²) in [5.41, 5.74) is 4.42. The predicted molar refractivity (Wildman–Crippen MR) is 110 cm³/mol. The van der Waals surface area contributed by atoms with Crippen molar-refractivity contribution in [1.29, 1.82) is 10.5 Å². The second kappa shape index (κ2) is 9.11. The summed E-state index contributed by atoms with van der Waals surface area (Å²) in [6.45, 7) is 5.49. The first-order chi connectivity index (χ1) is 13.7. The minimum absolute atomic E-state index is 0.108. The van der Waals surface area contributed by atoms with Crippen molar-refractivity contribution in [3.63, 3.8) is 0 Å². The Balaban J connectivity index is 2.19. The van der Waals surface area contributed by atoms with Crippen molar-refractivity contribution in [2.24, 2.45) is 0 Å². The predicted octanol–water partition coefficient (Wildman–Crippen LogP) is 5.87. The molecule has 4 heteroatoms. The van der Waals surface area contributed by atoms with Gasteiger partial charge in [-0.15, -0.1) is 0 Å². The van der Waals surface area contributed by atoms with Crippen LogP contribution in [-0.2, 0) is 0 Å². The molecule has 4 nitrogen and oxygen atoms in total. The van der Waals surface area contributed by atoms with E-state index in [2.05, 4.69) is 26.0 Å². The summed E-state index contributed by atoms with van der Waals surface area (Å²) in [5, 5.41) is 19.1. The molecule has 0 saturated heterocycles. The molecular formula is C24H24N2O2. The van der Waals surface area contributed by atoms with E-state index >= 15 is 0 Å². The molecule has 3 rings (SSSR count).